The maximum absolute atomic E-state index is 13.0. The summed E-state index contributed by atoms with van der Waals surface area (Å²) in [4.78, 5) is 49.8. The molecule has 51 heavy (non-hydrogen) atoms. The van der Waals surface area contributed by atoms with Crippen molar-refractivity contribution in [3.05, 3.63) is 0 Å². The zero-order valence-corrected chi connectivity index (χ0v) is 33.9. The molecule has 0 aromatic carbocycles. The Morgan fingerprint density at radius 2 is 0.980 bits per heavy atom. The van der Waals surface area contributed by atoms with Crippen LogP contribution < -0.4 is 10.6 Å². The van der Waals surface area contributed by atoms with Gasteiger partial charge in [-0.3, -0.25) is 14.4 Å². The van der Waals surface area contributed by atoms with Crippen LogP contribution in [-0.4, -0.2) is 72.8 Å². The Balaban J connectivity index is 4.24. The van der Waals surface area contributed by atoms with E-state index in [-0.39, 0.29) is 24.2 Å². The number of methoxy groups -OCH3 is 1. The zero-order valence-electron chi connectivity index (χ0n) is 33.1. The first-order chi connectivity index (χ1) is 24.9. The lowest BCUT2D eigenvalue weighted by Gasteiger charge is -2.21. The van der Waals surface area contributed by atoms with Gasteiger partial charge in [0.2, 0.25) is 11.8 Å². The molecule has 0 aromatic rings. The van der Waals surface area contributed by atoms with Crippen molar-refractivity contribution >= 4 is 35.5 Å². The molecule has 0 heterocycles. The van der Waals surface area contributed by atoms with Crippen LogP contribution >= 0.6 is 11.8 Å². The molecule has 300 valence electrons. The van der Waals surface area contributed by atoms with E-state index in [2.05, 4.69) is 29.2 Å². The third kappa shape index (κ3) is 32.6. The van der Waals surface area contributed by atoms with Crippen molar-refractivity contribution in [2.24, 2.45) is 0 Å². The summed E-state index contributed by atoms with van der Waals surface area (Å²) in [5, 5.41) is 14.8. The smallest absolute Gasteiger partial charge is 0.330 e. The van der Waals surface area contributed by atoms with Gasteiger partial charge >= 0.3 is 11.9 Å². The number of hydrogen-bond acceptors (Lipinski definition) is 8. The molecule has 0 rings (SSSR count). The molecule has 0 aliphatic carbocycles. The highest BCUT2D eigenvalue weighted by Gasteiger charge is 2.27. The van der Waals surface area contributed by atoms with Crippen LogP contribution in [0.3, 0.4) is 0 Å². The molecule has 0 fully saturated rings. The number of unbranched alkanes of at least 4 members (excludes halogenated alkanes) is 24. The highest BCUT2D eigenvalue weighted by Crippen LogP contribution is 2.15. The van der Waals surface area contributed by atoms with Gasteiger partial charge in [-0.15, -0.1) is 0 Å². The largest absolute Gasteiger partial charge is 0.467 e. The quantitative estimate of drug-likeness (QED) is 0.0422. The molecule has 0 bridgehead atoms. The molecule has 10 heteroatoms. The van der Waals surface area contributed by atoms with Crippen LogP contribution in [0.2, 0.25) is 0 Å². The predicted octanol–water partition coefficient (Wildman–Crippen LogP) is 9.36. The van der Waals surface area contributed by atoms with Crippen molar-refractivity contribution in [3.8, 4) is 0 Å². The first-order valence-corrected chi connectivity index (χ1v) is 22.1. The summed E-state index contributed by atoms with van der Waals surface area (Å²) >= 11 is 1.39. The number of rotatable bonds is 38. The number of carbonyl (C=O) groups excluding carboxylic acids is 4. The lowest BCUT2D eigenvalue weighted by molar-refractivity contribution is -0.146. The third-order valence-corrected chi connectivity index (χ3v) is 10.4. The second kappa shape index (κ2) is 37.9. The number of amides is 2. The summed E-state index contributed by atoms with van der Waals surface area (Å²) < 4.78 is 10.0. The number of nitrogens with one attached hydrogen (secondary N) is 2. The van der Waals surface area contributed by atoms with Gasteiger partial charge in [0, 0.05) is 24.3 Å². The maximum atomic E-state index is 13.0. The average Bonchev–Trinajstić information content (AvgIpc) is 3.13. The normalized spacial score (nSPS) is 12.3. The van der Waals surface area contributed by atoms with E-state index in [4.69, 9.17) is 4.74 Å². The first-order valence-electron chi connectivity index (χ1n) is 20.9. The van der Waals surface area contributed by atoms with Gasteiger partial charge in [0.05, 0.1) is 13.7 Å². The standard InChI is InChI=1S/C41H78N2O7S/c1-4-6-8-10-12-14-16-18-20-22-24-26-28-30-38(45)42-37(40(47)43-36(34-44)41(48)49-3)35-51-33-32-50-39(46)31-29-27-25-23-21-19-17-15-13-11-9-7-5-2/h36-37,44H,4-35H2,1-3H3,(H,42,45)(H,43,47). The van der Waals surface area contributed by atoms with E-state index < -0.39 is 30.6 Å². The van der Waals surface area contributed by atoms with Crippen LogP contribution in [0.15, 0.2) is 0 Å². The SMILES string of the molecule is CCCCCCCCCCCCCCCC(=O)NC(CSCCOC(=O)CCCCCCCCCCCCCCC)C(=O)NC(CO)C(=O)OC. The molecular formula is C41H78N2O7S. The zero-order chi connectivity index (χ0) is 37.6. The number of ether oxygens (including phenoxy) is 2. The van der Waals surface area contributed by atoms with Gasteiger partial charge in [0.15, 0.2) is 6.04 Å². The Kier molecular flexibility index (Phi) is 36.6. The summed E-state index contributed by atoms with van der Waals surface area (Å²) in [7, 11) is 1.18. The molecule has 3 N–H and O–H groups in total. The van der Waals surface area contributed by atoms with E-state index in [1.807, 2.05) is 0 Å². The van der Waals surface area contributed by atoms with E-state index in [0.29, 0.717) is 18.6 Å². The molecule has 9 nitrogen and oxygen atoms in total. The lowest BCUT2D eigenvalue weighted by Crippen LogP contribution is -2.54. The summed E-state index contributed by atoms with van der Waals surface area (Å²) in [5.41, 5.74) is 0. The van der Waals surface area contributed by atoms with Gasteiger partial charge in [-0.1, -0.05) is 168 Å². The highest BCUT2D eigenvalue weighted by atomic mass is 32.2. The van der Waals surface area contributed by atoms with E-state index in [1.165, 1.54) is 147 Å². The fraction of sp³-hybridized carbons (Fsp3) is 0.902. The fourth-order valence-electron chi connectivity index (χ4n) is 6.12. The van der Waals surface area contributed by atoms with Crippen molar-refractivity contribution < 1.29 is 33.8 Å². The van der Waals surface area contributed by atoms with Crippen LogP contribution in [0, 0.1) is 0 Å². The van der Waals surface area contributed by atoms with Crippen LogP contribution in [-0.2, 0) is 28.7 Å². The second-order valence-corrected chi connectivity index (χ2v) is 15.3. The first kappa shape index (κ1) is 49.2. The van der Waals surface area contributed by atoms with Crippen LogP contribution in [0.5, 0.6) is 0 Å². The van der Waals surface area contributed by atoms with Crippen molar-refractivity contribution in [3.63, 3.8) is 0 Å². The Morgan fingerprint density at radius 3 is 1.39 bits per heavy atom. The van der Waals surface area contributed by atoms with Crippen molar-refractivity contribution in [2.45, 2.75) is 206 Å². The van der Waals surface area contributed by atoms with Crippen molar-refractivity contribution in [1.29, 1.82) is 0 Å². The molecule has 0 spiro atoms. The topological polar surface area (TPSA) is 131 Å². The van der Waals surface area contributed by atoms with Gasteiger partial charge in [-0.25, -0.2) is 4.79 Å². The van der Waals surface area contributed by atoms with E-state index in [9.17, 15) is 24.3 Å². The van der Waals surface area contributed by atoms with Crippen LogP contribution in [0.4, 0.5) is 0 Å². The third-order valence-electron chi connectivity index (χ3n) is 9.40. The van der Waals surface area contributed by atoms with Gasteiger partial charge in [-0.2, -0.15) is 11.8 Å². The molecule has 2 atom stereocenters. The summed E-state index contributed by atoms with van der Waals surface area (Å²) in [5.74, 6) is -1.03. The summed E-state index contributed by atoms with van der Waals surface area (Å²) in [6.45, 7) is 4.12. The van der Waals surface area contributed by atoms with Gasteiger partial charge in [-0.05, 0) is 12.8 Å². The molecule has 0 aliphatic rings. The van der Waals surface area contributed by atoms with Crippen molar-refractivity contribution in [2.75, 3.05) is 31.8 Å². The molecule has 0 radical (unpaired) electrons. The molecule has 0 saturated carbocycles. The van der Waals surface area contributed by atoms with E-state index >= 15 is 0 Å². The fourth-order valence-corrected chi connectivity index (χ4v) is 6.96. The highest BCUT2D eigenvalue weighted by molar-refractivity contribution is 7.99. The Labute approximate surface area is 316 Å². The summed E-state index contributed by atoms with van der Waals surface area (Å²) in [6.07, 6.45) is 32.9. The Bertz CT molecular complexity index is 845. The van der Waals surface area contributed by atoms with E-state index in [1.54, 1.807) is 0 Å². The number of aliphatic hydroxyl groups excluding tert-OH is 1. The average molecular weight is 743 g/mol. The van der Waals surface area contributed by atoms with Crippen molar-refractivity contribution in [1.82, 2.24) is 10.6 Å². The van der Waals surface area contributed by atoms with E-state index in [0.717, 1.165) is 38.5 Å². The van der Waals surface area contributed by atoms with Gasteiger partial charge < -0.3 is 25.2 Å². The van der Waals surface area contributed by atoms with Gasteiger partial charge in [0.25, 0.3) is 0 Å². The molecule has 0 aromatic heterocycles. The second-order valence-electron chi connectivity index (χ2n) is 14.2. The number of hydrogen-bond donors (Lipinski definition) is 3. The molecular weight excluding hydrogens is 665 g/mol. The maximum Gasteiger partial charge on any atom is 0.330 e. The molecule has 0 aliphatic heterocycles. The minimum Gasteiger partial charge on any atom is -0.467 e. The Hall–Kier alpha value is -1.81. The predicted molar refractivity (Wildman–Crippen MR) is 212 cm³/mol. The minimum absolute atomic E-state index is 0.206. The van der Waals surface area contributed by atoms with Gasteiger partial charge in [0.1, 0.15) is 12.6 Å². The lowest BCUT2D eigenvalue weighted by atomic mass is 10.0. The Morgan fingerprint density at radius 1 is 0.569 bits per heavy atom. The monoisotopic (exact) mass is 743 g/mol. The number of carbonyl (C=O) groups is 4. The minimum atomic E-state index is -1.21. The molecule has 2 unspecified atom stereocenters. The van der Waals surface area contributed by atoms with Crippen LogP contribution in [0.1, 0.15) is 194 Å². The number of aliphatic hydroxyl groups is 1. The summed E-state index contributed by atoms with van der Waals surface area (Å²) in [6, 6.07) is -2.11. The number of esters is 2. The number of thioether (sulfide) groups is 1. The molecule has 2 amide bonds. The molecule has 0 saturated heterocycles. The van der Waals surface area contributed by atoms with Crippen LogP contribution in [0.25, 0.3) is 0 Å².